The van der Waals surface area contributed by atoms with Gasteiger partial charge in [0.15, 0.2) is 0 Å². The van der Waals surface area contributed by atoms with Crippen molar-refractivity contribution in [3.8, 4) is 0 Å². The fourth-order valence-electron chi connectivity index (χ4n) is 2.55. The van der Waals surface area contributed by atoms with Gasteiger partial charge < -0.3 is 5.32 Å². The van der Waals surface area contributed by atoms with E-state index in [9.17, 15) is 9.59 Å². The predicted octanol–water partition coefficient (Wildman–Crippen LogP) is 3.41. The highest BCUT2D eigenvalue weighted by atomic mass is 79.9. The van der Waals surface area contributed by atoms with E-state index in [1.54, 1.807) is 6.92 Å². The number of alkyl halides is 2. The summed E-state index contributed by atoms with van der Waals surface area (Å²) in [5.41, 5.74) is -0.326. The lowest BCUT2D eigenvalue weighted by molar-refractivity contribution is -0.131. The number of carbonyl (C=O) groups excluding carboxylic acids is 2. The van der Waals surface area contributed by atoms with E-state index >= 15 is 0 Å². The number of hydrogen-bond acceptors (Lipinski definition) is 2. The van der Waals surface area contributed by atoms with Crippen LogP contribution in [0.2, 0.25) is 0 Å². The van der Waals surface area contributed by atoms with Crippen molar-refractivity contribution in [2.45, 2.75) is 23.2 Å². The molecule has 1 aromatic rings. The first kappa shape index (κ1) is 15.1. The summed E-state index contributed by atoms with van der Waals surface area (Å²) >= 11 is 15.3. The van der Waals surface area contributed by atoms with Gasteiger partial charge in [0.1, 0.15) is 9.87 Å². The summed E-state index contributed by atoms with van der Waals surface area (Å²) in [4.78, 5) is 26.0. The van der Waals surface area contributed by atoms with Gasteiger partial charge >= 0.3 is 6.03 Å². The van der Waals surface area contributed by atoms with Crippen LogP contribution in [0, 0.1) is 5.92 Å². The smallest absolute Gasteiger partial charge is 0.319 e. The van der Waals surface area contributed by atoms with E-state index in [-0.39, 0.29) is 18.4 Å². The Bertz CT molecular complexity index is 637. The van der Waals surface area contributed by atoms with E-state index in [1.165, 1.54) is 4.90 Å². The lowest BCUT2D eigenvalue weighted by Gasteiger charge is -2.22. The molecule has 7 heteroatoms. The minimum atomic E-state index is -1.06. The highest BCUT2D eigenvalue weighted by Crippen LogP contribution is 2.53. The van der Waals surface area contributed by atoms with Gasteiger partial charge in [0, 0.05) is 16.9 Å². The van der Waals surface area contributed by atoms with Crippen LogP contribution in [0.25, 0.3) is 0 Å². The molecular formula is C14H13BrCl2N2O2. The number of hydrogen-bond donors (Lipinski definition) is 1. The molecular weight excluding hydrogens is 379 g/mol. The van der Waals surface area contributed by atoms with Crippen LogP contribution in [0.4, 0.5) is 4.79 Å². The molecule has 21 heavy (non-hydrogen) atoms. The quantitative estimate of drug-likeness (QED) is 0.634. The zero-order valence-electron chi connectivity index (χ0n) is 11.2. The van der Waals surface area contributed by atoms with Crippen LogP contribution in [0.15, 0.2) is 28.7 Å². The van der Waals surface area contributed by atoms with Gasteiger partial charge in [-0.15, -0.1) is 23.2 Å². The van der Waals surface area contributed by atoms with E-state index in [4.69, 9.17) is 23.2 Å². The zero-order chi connectivity index (χ0) is 15.4. The summed E-state index contributed by atoms with van der Waals surface area (Å²) in [6.45, 7) is 1.96. The number of imide groups is 1. The van der Waals surface area contributed by atoms with Crippen molar-refractivity contribution in [2.24, 2.45) is 5.92 Å². The molecule has 2 atom stereocenters. The van der Waals surface area contributed by atoms with Crippen molar-refractivity contribution in [3.05, 3.63) is 34.3 Å². The van der Waals surface area contributed by atoms with Gasteiger partial charge in [-0.1, -0.05) is 28.1 Å². The van der Waals surface area contributed by atoms with Crippen LogP contribution < -0.4 is 5.32 Å². The molecule has 1 saturated carbocycles. The summed E-state index contributed by atoms with van der Waals surface area (Å²) in [5, 5.41) is 2.76. The molecule has 2 unspecified atom stereocenters. The third-order valence-corrected chi connectivity index (χ3v) is 5.45. The van der Waals surface area contributed by atoms with Crippen LogP contribution in [0.1, 0.15) is 18.9 Å². The molecule has 0 aromatic heterocycles. The Morgan fingerprint density at radius 1 is 1.43 bits per heavy atom. The highest BCUT2D eigenvalue weighted by molar-refractivity contribution is 9.10. The number of amides is 3. The summed E-state index contributed by atoms with van der Waals surface area (Å²) in [7, 11) is 0. The average molecular weight is 392 g/mol. The number of rotatable bonds is 3. The SMILES string of the molecule is CC1(c2cccc(Br)c2)NC(=O)N(CC2CC2(Cl)Cl)C1=O. The second-order valence-electron chi connectivity index (χ2n) is 5.64. The molecule has 4 nitrogen and oxygen atoms in total. The molecule has 2 aliphatic rings. The maximum absolute atomic E-state index is 12.7. The highest BCUT2D eigenvalue weighted by Gasteiger charge is 2.56. The predicted molar refractivity (Wildman–Crippen MR) is 84.3 cm³/mol. The van der Waals surface area contributed by atoms with E-state index < -0.39 is 15.9 Å². The maximum Gasteiger partial charge on any atom is 0.325 e. The molecule has 0 bridgehead atoms. The van der Waals surface area contributed by atoms with Gasteiger partial charge in [0.05, 0.1) is 0 Å². The monoisotopic (exact) mass is 390 g/mol. The van der Waals surface area contributed by atoms with Crippen LogP contribution in [0.5, 0.6) is 0 Å². The molecule has 3 amide bonds. The lowest BCUT2D eigenvalue weighted by atomic mass is 9.92. The maximum atomic E-state index is 12.7. The fraction of sp³-hybridized carbons (Fsp3) is 0.429. The third kappa shape index (κ3) is 2.56. The average Bonchev–Trinajstić information content (AvgIpc) is 2.94. The molecule has 0 radical (unpaired) electrons. The van der Waals surface area contributed by atoms with Gasteiger partial charge in [-0.2, -0.15) is 0 Å². The minimum absolute atomic E-state index is 0.0552. The van der Waals surface area contributed by atoms with Crippen LogP contribution in [-0.4, -0.2) is 27.7 Å². The second-order valence-corrected chi connectivity index (χ2v) is 8.10. The summed E-state index contributed by atoms with van der Waals surface area (Å²) in [6.07, 6.45) is 0.598. The molecule has 1 aliphatic heterocycles. The largest absolute Gasteiger partial charge is 0.325 e. The minimum Gasteiger partial charge on any atom is -0.319 e. The van der Waals surface area contributed by atoms with E-state index in [1.807, 2.05) is 24.3 Å². The molecule has 1 aromatic carbocycles. The molecule has 1 N–H and O–H groups in total. The van der Waals surface area contributed by atoms with Crippen molar-refractivity contribution in [3.63, 3.8) is 0 Å². The fourth-order valence-corrected chi connectivity index (χ4v) is 3.46. The number of benzene rings is 1. The zero-order valence-corrected chi connectivity index (χ0v) is 14.3. The van der Waals surface area contributed by atoms with Gasteiger partial charge in [-0.3, -0.25) is 9.69 Å². The summed E-state index contributed by atoms with van der Waals surface area (Å²) < 4.78 is 0.0412. The van der Waals surface area contributed by atoms with Gasteiger partial charge in [0.2, 0.25) is 0 Å². The number of nitrogens with one attached hydrogen (secondary N) is 1. The normalized spacial score (nSPS) is 30.5. The Labute approximate surface area is 140 Å². The number of carbonyl (C=O) groups is 2. The van der Waals surface area contributed by atoms with Crippen molar-refractivity contribution in [1.29, 1.82) is 0 Å². The molecule has 2 fully saturated rings. The standard InChI is InChI=1S/C14H13BrCl2N2O2/c1-13(8-3-2-4-10(15)5-8)11(20)19(12(21)18-13)7-9-6-14(9,16)17/h2-5,9H,6-7H2,1H3,(H,18,21). The van der Waals surface area contributed by atoms with Crippen molar-refractivity contribution < 1.29 is 9.59 Å². The Kier molecular flexibility index (Phi) is 3.50. The van der Waals surface area contributed by atoms with Gasteiger partial charge in [0.25, 0.3) is 5.91 Å². The Morgan fingerprint density at radius 2 is 2.10 bits per heavy atom. The van der Waals surface area contributed by atoms with Crippen LogP contribution in [-0.2, 0) is 10.3 Å². The van der Waals surface area contributed by atoms with Crippen molar-refractivity contribution >= 4 is 51.1 Å². The number of halogens is 3. The van der Waals surface area contributed by atoms with Crippen LogP contribution in [0.3, 0.4) is 0 Å². The molecule has 0 spiro atoms. The van der Waals surface area contributed by atoms with Gasteiger partial charge in [-0.25, -0.2) is 4.79 Å². The molecule has 1 aliphatic carbocycles. The summed E-state index contributed by atoms with van der Waals surface area (Å²) in [6, 6.07) is 6.93. The number of urea groups is 1. The Morgan fingerprint density at radius 3 is 2.67 bits per heavy atom. The third-order valence-electron chi connectivity index (χ3n) is 4.04. The van der Waals surface area contributed by atoms with Crippen LogP contribution >= 0.6 is 39.1 Å². The number of nitrogens with zero attached hydrogens (tertiary/aromatic N) is 1. The van der Waals surface area contributed by atoms with Gasteiger partial charge in [-0.05, 0) is 31.0 Å². The van der Waals surface area contributed by atoms with Crippen molar-refractivity contribution in [1.82, 2.24) is 10.2 Å². The Hall–Kier alpha value is -0.780. The first-order chi connectivity index (χ1) is 9.74. The topological polar surface area (TPSA) is 49.4 Å². The van der Waals surface area contributed by atoms with Crippen molar-refractivity contribution in [2.75, 3.05) is 6.54 Å². The molecule has 3 rings (SSSR count). The van der Waals surface area contributed by atoms with E-state index in [2.05, 4.69) is 21.2 Å². The molecule has 1 saturated heterocycles. The molecule has 1 heterocycles. The molecule has 112 valence electrons. The second kappa shape index (κ2) is 4.86. The first-order valence-electron chi connectivity index (χ1n) is 6.52. The van der Waals surface area contributed by atoms with E-state index in [0.29, 0.717) is 6.42 Å². The Balaban J connectivity index is 1.85. The first-order valence-corrected chi connectivity index (χ1v) is 8.07. The van der Waals surface area contributed by atoms with E-state index in [0.717, 1.165) is 10.0 Å². The lowest BCUT2D eigenvalue weighted by Crippen LogP contribution is -2.41. The summed E-state index contributed by atoms with van der Waals surface area (Å²) in [5.74, 6) is -0.331.